The molecule has 2 nitrogen and oxygen atoms in total. The summed E-state index contributed by atoms with van der Waals surface area (Å²) in [4.78, 5) is 6.65. The Kier molecular flexibility index (Phi) is 5.61. The van der Waals surface area contributed by atoms with Crippen molar-refractivity contribution in [1.82, 2.24) is 4.98 Å². The third-order valence-corrected chi connectivity index (χ3v) is 4.48. The van der Waals surface area contributed by atoms with Gasteiger partial charge in [0.1, 0.15) is 0 Å². The molecule has 0 aliphatic heterocycles. The molecule has 0 bridgehead atoms. The number of anilines is 1. The molecule has 0 spiro atoms. The molecule has 0 saturated carbocycles. The molecule has 0 fully saturated rings. The molecule has 0 atom stereocenters. The summed E-state index contributed by atoms with van der Waals surface area (Å²) in [6, 6.07) is 14.5. The molecule has 2 aromatic rings. The summed E-state index contributed by atoms with van der Waals surface area (Å²) < 4.78 is 0. The Bertz CT molecular complexity index is 734. The Hall–Kier alpha value is -2.35. The van der Waals surface area contributed by atoms with E-state index in [0.29, 0.717) is 0 Å². The minimum absolute atomic E-state index is 0.203. The Morgan fingerprint density at radius 3 is 2.38 bits per heavy atom. The molecule has 2 rings (SSSR count). The number of rotatable bonds is 4. The van der Waals surface area contributed by atoms with Crippen LogP contribution >= 0.6 is 0 Å². The first kappa shape index (κ1) is 18.0. The van der Waals surface area contributed by atoms with Crippen LogP contribution in [0.1, 0.15) is 34.6 Å². The summed E-state index contributed by atoms with van der Waals surface area (Å²) in [5.41, 5.74) is 6.07. The average Bonchev–Trinajstić information content (AvgIpc) is 2.58. The minimum atomic E-state index is 0.203. The monoisotopic (exact) mass is 320 g/mol. The van der Waals surface area contributed by atoms with Crippen LogP contribution in [0, 0.1) is 5.41 Å². The maximum atomic E-state index is 4.44. The highest BCUT2D eigenvalue weighted by Crippen LogP contribution is 2.26. The zero-order valence-corrected chi connectivity index (χ0v) is 15.7. The van der Waals surface area contributed by atoms with E-state index in [4.69, 9.17) is 0 Å². The zero-order valence-electron chi connectivity index (χ0n) is 15.7. The van der Waals surface area contributed by atoms with Gasteiger partial charge < -0.3 is 4.90 Å². The predicted molar refractivity (Wildman–Crippen MR) is 105 cm³/mol. The topological polar surface area (TPSA) is 16.1 Å². The lowest BCUT2D eigenvalue weighted by Crippen LogP contribution is -2.14. The molecule has 1 aromatic carbocycles. The van der Waals surface area contributed by atoms with Crippen molar-refractivity contribution in [3.05, 3.63) is 72.1 Å². The highest BCUT2D eigenvalue weighted by atomic mass is 15.1. The lowest BCUT2D eigenvalue weighted by molar-refractivity contribution is 0.504. The fourth-order valence-corrected chi connectivity index (χ4v) is 2.22. The van der Waals surface area contributed by atoms with E-state index < -0.39 is 0 Å². The minimum Gasteiger partial charge on any atom is -0.348 e. The van der Waals surface area contributed by atoms with Crippen LogP contribution in [-0.2, 0) is 0 Å². The number of nitrogens with zero attached hydrogens (tertiary/aromatic N) is 2. The van der Waals surface area contributed by atoms with Gasteiger partial charge in [0.05, 0.1) is 5.69 Å². The van der Waals surface area contributed by atoms with Gasteiger partial charge in [-0.25, -0.2) is 0 Å². The number of aromatic nitrogens is 1. The van der Waals surface area contributed by atoms with E-state index in [0.717, 1.165) is 16.9 Å². The maximum absolute atomic E-state index is 4.44. The Labute approximate surface area is 146 Å². The lowest BCUT2D eigenvalue weighted by Gasteiger charge is -2.22. The fourth-order valence-electron chi connectivity index (χ4n) is 2.22. The van der Waals surface area contributed by atoms with Crippen LogP contribution in [-0.4, -0.2) is 12.0 Å². The molecule has 0 radical (unpaired) electrons. The van der Waals surface area contributed by atoms with E-state index in [-0.39, 0.29) is 5.41 Å². The van der Waals surface area contributed by atoms with Crippen LogP contribution in [0.3, 0.4) is 0 Å². The third-order valence-electron chi connectivity index (χ3n) is 4.48. The summed E-state index contributed by atoms with van der Waals surface area (Å²) in [6.45, 7) is 11.0. The van der Waals surface area contributed by atoms with Crippen molar-refractivity contribution in [3.63, 3.8) is 0 Å². The molecule has 2 heteroatoms. The predicted octanol–water partition coefficient (Wildman–Crippen LogP) is 6.08. The first-order valence-corrected chi connectivity index (χ1v) is 8.40. The molecular weight excluding hydrogens is 292 g/mol. The van der Waals surface area contributed by atoms with Gasteiger partial charge in [-0.3, -0.25) is 4.98 Å². The van der Waals surface area contributed by atoms with Crippen molar-refractivity contribution < 1.29 is 0 Å². The van der Waals surface area contributed by atoms with Crippen LogP contribution < -0.4 is 4.90 Å². The van der Waals surface area contributed by atoms with Crippen LogP contribution in [0.2, 0.25) is 0 Å². The van der Waals surface area contributed by atoms with Crippen molar-refractivity contribution in [1.29, 1.82) is 0 Å². The van der Waals surface area contributed by atoms with Crippen molar-refractivity contribution in [2.45, 2.75) is 34.6 Å². The summed E-state index contributed by atoms with van der Waals surface area (Å²) in [7, 11) is 2.10. The molecule has 1 aromatic heterocycles. The third kappa shape index (κ3) is 4.58. The largest absolute Gasteiger partial charge is 0.348 e. The zero-order chi connectivity index (χ0) is 17.7. The maximum Gasteiger partial charge on any atom is 0.0702 e. The van der Waals surface area contributed by atoms with E-state index in [1.165, 1.54) is 11.3 Å². The second kappa shape index (κ2) is 7.48. The lowest BCUT2D eigenvalue weighted by atomic mass is 9.87. The van der Waals surface area contributed by atoms with Gasteiger partial charge in [0.15, 0.2) is 0 Å². The molecule has 0 amide bonds. The first-order chi connectivity index (χ1) is 11.3. The van der Waals surface area contributed by atoms with Crippen LogP contribution in [0.25, 0.3) is 11.3 Å². The van der Waals surface area contributed by atoms with Gasteiger partial charge >= 0.3 is 0 Å². The normalized spacial score (nSPS) is 13.1. The number of benzene rings is 1. The Morgan fingerprint density at radius 1 is 1.00 bits per heavy atom. The van der Waals surface area contributed by atoms with E-state index >= 15 is 0 Å². The average molecular weight is 320 g/mol. The summed E-state index contributed by atoms with van der Waals surface area (Å²) in [6.07, 6.45) is 6.24. The van der Waals surface area contributed by atoms with Crippen molar-refractivity contribution >= 4 is 5.69 Å². The number of hydrogen-bond acceptors (Lipinski definition) is 2. The molecule has 126 valence electrons. The second-order valence-electron chi connectivity index (χ2n) is 7.23. The van der Waals surface area contributed by atoms with E-state index in [1.54, 1.807) is 0 Å². The molecule has 0 aliphatic rings. The molecular formula is C22H28N2. The Morgan fingerprint density at radius 2 is 1.75 bits per heavy atom. The van der Waals surface area contributed by atoms with Crippen molar-refractivity contribution in [2.24, 2.45) is 5.41 Å². The number of hydrogen-bond donors (Lipinski definition) is 0. The summed E-state index contributed by atoms with van der Waals surface area (Å²) in [5, 5.41) is 0. The SMILES string of the molecule is C/C(=C\C=C(/C)C(C)(C)C)N(C)c1cccc(-c2ccccn2)c1. The summed E-state index contributed by atoms with van der Waals surface area (Å²) in [5.74, 6) is 0. The van der Waals surface area contributed by atoms with Crippen LogP contribution in [0.15, 0.2) is 72.1 Å². The van der Waals surface area contributed by atoms with Gasteiger partial charge in [0.25, 0.3) is 0 Å². The first-order valence-electron chi connectivity index (χ1n) is 8.40. The van der Waals surface area contributed by atoms with Gasteiger partial charge in [-0.2, -0.15) is 0 Å². The summed E-state index contributed by atoms with van der Waals surface area (Å²) >= 11 is 0. The van der Waals surface area contributed by atoms with E-state index in [1.807, 2.05) is 24.4 Å². The van der Waals surface area contributed by atoms with Gasteiger partial charge in [-0.15, -0.1) is 0 Å². The highest BCUT2D eigenvalue weighted by molar-refractivity contribution is 5.66. The van der Waals surface area contributed by atoms with Gasteiger partial charge in [0, 0.05) is 30.2 Å². The molecule has 0 aliphatic carbocycles. The number of allylic oxidation sites excluding steroid dienone is 4. The van der Waals surface area contributed by atoms with Gasteiger partial charge in [-0.05, 0) is 49.6 Å². The fraction of sp³-hybridized carbons (Fsp3) is 0.318. The second-order valence-corrected chi connectivity index (χ2v) is 7.23. The molecule has 0 saturated heterocycles. The van der Waals surface area contributed by atoms with E-state index in [2.05, 4.69) is 88.0 Å². The molecule has 1 heterocycles. The number of pyridine rings is 1. The van der Waals surface area contributed by atoms with Crippen molar-refractivity contribution in [2.75, 3.05) is 11.9 Å². The van der Waals surface area contributed by atoms with Crippen LogP contribution in [0.4, 0.5) is 5.69 Å². The smallest absolute Gasteiger partial charge is 0.0702 e. The highest BCUT2D eigenvalue weighted by Gasteiger charge is 2.11. The van der Waals surface area contributed by atoms with E-state index in [9.17, 15) is 0 Å². The Balaban J connectivity index is 2.25. The van der Waals surface area contributed by atoms with Gasteiger partial charge in [0.2, 0.25) is 0 Å². The van der Waals surface area contributed by atoms with Crippen molar-refractivity contribution in [3.8, 4) is 11.3 Å². The van der Waals surface area contributed by atoms with Crippen LogP contribution in [0.5, 0.6) is 0 Å². The molecule has 0 unspecified atom stereocenters. The van der Waals surface area contributed by atoms with Gasteiger partial charge in [-0.1, -0.05) is 50.6 Å². The quantitative estimate of drug-likeness (QED) is 0.634. The standard InChI is InChI=1S/C22H28N2/c1-17(22(3,4)5)13-14-18(2)24(6)20-11-9-10-19(16-20)21-12-7-8-15-23-21/h7-16H,1-6H3/b17-13+,18-14+. The molecule has 24 heavy (non-hydrogen) atoms. The molecule has 0 N–H and O–H groups in total.